The molecule has 0 saturated heterocycles. The number of hydrogen-bond donors (Lipinski definition) is 1. The highest BCUT2D eigenvalue weighted by Crippen LogP contribution is 2.23. The molecule has 0 aliphatic carbocycles. The van der Waals surface area contributed by atoms with Crippen molar-refractivity contribution in [1.29, 1.82) is 0 Å². The van der Waals surface area contributed by atoms with Gasteiger partial charge in [-0.3, -0.25) is 0 Å². The topological polar surface area (TPSA) is 12.0 Å². The van der Waals surface area contributed by atoms with Crippen LogP contribution in [0.4, 0.5) is 0 Å². The van der Waals surface area contributed by atoms with E-state index in [1.807, 2.05) is 24.3 Å². The Labute approximate surface area is 130 Å². The Balaban J connectivity index is 2.06. The third kappa shape index (κ3) is 4.52. The van der Waals surface area contributed by atoms with Gasteiger partial charge in [-0.25, -0.2) is 0 Å². The molecule has 20 heavy (non-hydrogen) atoms. The predicted octanol–water partition coefficient (Wildman–Crippen LogP) is 4.76. The van der Waals surface area contributed by atoms with Gasteiger partial charge in [0.25, 0.3) is 0 Å². The average Bonchev–Trinajstić information content (AvgIpc) is 2.44. The number of benzene rings is 2. The van der Waals surface area contributed by atoms with E-state index < -0.39 is 0 Å². The quantitative estimate of drug-likeness (QED) is 0.811. The molecule has 2 aromatic rings. The molecule has 0 spiro atoms. The summed E-state index contributed by atoms with van der Waals surface area (Å²) in [5.74, 6) is 0. The summed E-state index contributed by atoms with van der Waals surface area (Å²) in [6.45, 7) is 3.09. The maximum absolute atomic E-state index is 6.08. The van der Waals surface area contributed by atoms with E-state index >= 15 is 0 Å². The largest absolute Gasteiger partial charge is 0.314 e. The molecule has 1 unspecified atom stereocenters. The first-order valence-electron chi connectivity index (χ1n) is 6.90. The van der Waals surface area contributed by atoms with Crippen molar-refractivity contribution in [2.24, 2.45) is 0 Å². The van der Waals surface area contributed by atoms with Gasteiger partial charge in [0.05, 0.1) is 10.0 Å². The van der Waals surface area contributed by atoms with Crippen LogP contribution < -0.4 is 5.32 Å². The number of nitrogens with one attached hydrogen (secondary N) is 1. The first-order chi connectivity index (χ1) is 9.69. The lowest BCUT2D eigenvalue weighted by Gasteiger charge is -2.18. The minimum Gasteiger partial charge on any atom is -0.314 e. The highest BCUT2D eigenvalue weighted by molar-refractivity contribution is 6.42. The van der Waals surface area contributed by atoms with Crippen LogP contribution in [0.1, 0.15) is 18.1 Å². The van der Waals surface area contributed by atoms with Gasteiger partial charge in [-0.2, -0.15) is 0 Å². The van der Waals surface area contributed by atoms with E-state index in [1.54, 1.807) is 0 Å². The van der Waals surface area contributed by atoms with Gasteiger partial charge in [0, 0.05) is 6.04 Å². The van der Waals surface area contributed by atoms with E-state index in [4.69, 9.17) is 23.2 Å². The van der Waals surface area contributed by atoms with E-state index in [0.29, 0.717) is 16.1 Å². The van der Waals surface area contributed by atoms with E-state index in [9.17, 15) is 0 Å². The SMILES string of the molecule is CCNC(Cc1ccccc1)Cc1ccc(Cl)c(Cl)c1. The van der Waals surface area contributed by atoms with Crippen molar-refractivity contribution >= 4 is 23.2 Å². The van der Waals surface area contributed by atoms with Gasteiger partial charge in [0.2, 0.25) is 0 Å². The van der Waals surface area contributed by atoms with E-state index in [2.05, 4.69) is 36.5 Å². The summed E-state index contributed by atoms with van der Waals surface area (Å²) in [4.78, 5) is 0. The zero-order chi connectivity index (χ0) is 14.4. The van der Waals surface area contributed by atoms with Gasteiger partial charge in [-0.15, -0.1) is 0 Å². The molecule has 0 amide bonds. The van der Waals surface area contributed by atoms with E-state index in [-0.39, 0.29) is 0 Å². The normalized spacial score (nSPS) is 12.3. The van der Waals surface area contributed by atoms with Crippen molar-refractivity contribution in [3.8, 4) is 0 Å². The molecule has 0 heterocycles. The standard InChI is InChI=1S/C17H19Cl2N/c1-2-20-15(10-13-6-4-3-5-7-13)11-14-8-9-16(18)17(19)12-14/h3-9,12,15,20H,2,10-11H2,1H3. The van der Waals surface area contributed by atoms with Crippen LogP contribution in [0.5, 0.6) is 0 Å². The van der Waals surface area contributed by atoms with Crippen molar-refractivity contribution in [1.82, 2.24) is 5.32 Å². The summed E-state index contributed by atoms with van der Waals surface area (Å²) in [7, 11) is 0. The zero-order valence-electron chi connectivity index (χ0n) is 11.6. The first-order valence-corrected chi connectivity index (χ1v) is 7.66. The molecule has 1 N–H and O–H groups in total. The second-order valence-electron chi connectivity index (χ2n) is 4.90. The minimum atomic E-state index is 0.402. The summed E-state index contributed by atoms with van der Waals surface area (Å²) >= 11 is 12.0. The zero-order valence-corrected chi connectivity index (χ0v) is 13.1. The van der Waals surface area contributed by atoms with Crippen LogP contribution in [-0.4, -0.2) is 12.6 Å². The van der Waals surface area contributed by atoms with Crippen LogP contribution in [0.3, 0.4) is 0 Å². The Morgan fingerprint density at radius 3 is 2.25 bits per heavy atom. The maximum atomic E-state index is 6.08. The minimum absolute atomic E-state index is 0.402. The fourth-order valence-corrected chi connectivity index (χ4v) is 2.68. The lowest BCUT2D eigenvalue weighted by Crippen LogP contribution is -2.33. The summed E-state index contributed by atoms with van der Waals surface area (Å²) < 4.78 is 0. The van der Waals surface area contributed by atoms with E-state index in [0.717, 1.165) is 19.4 Å². The molecular formula is C17H19Cl2N. The van der Waals surface area contributed by atoms with Gasteiger partial charge in [-0.1, -0.05) is 66.5 Å². The third-order valence-electron chi connectivity index (χ3n) is 3.28. The Morgan fingerprint density at radius 1 is 0.900 bits per heavy atom. The molecule has 0 fully saturated rings. The maximum Gasteiger partial charge on any atom is 0.0595 e. The lowest BCUT2D eigenvalue weighted by molar-refractivity contribution is 0.521. The summed E-state index contributed by atoms with van der Waals surface area (Å²) in [5, 5.41) is 4.77. The Kier molecular flexibility index (Phi) is 5.90. The molecule has 0 aromatic heterocycles. The fourth-order valence-electron chi connectivity index (χ4n) is 2.35. The number of hydrogen-bond acceptors (Lipinski definition) is 1. The molecule has 2 rings (SSSR count). The Hall–Kier alpha value is -1.02. The van der Waals surface area contributed by atoms with Crippen molar-refractivity contribution < 1.29 is 0 Å². The second-order valence-corrected chi connectivity index (χ2v) is 5.71. The second kappa shape index (κ2) is 7.68. The first kappa shape index (κ1) is 15.4. The molecule has 0 aliphatic heterocycles. The molecule has 2 aromatic carbocycles. The summed E-state index contributed by atoms with van der Waals surface area (Å²) in [6.07, 6.45) is 1.95. The summed E-state index contributed by atoms with van der Waals surface area (Å²) in [6, 6.07) is 16.8. The van der Waals surface area contributed by atoms with Crippen molar-refractivity contribution in [3.63, 3.8) is 0 Å². The monoisotopic (exact) mass is 307 g/mol. The van der Waals surface area contributed by atoms with Crippen molar-refractivity contribution in [2.75, 3.05) is 6.54 Å². The molecule has 0 aliphatic rings. The fraction of sp³-hybridized carbons (Fsp3) is 0.294. The van der Waals surface area contributed by atoms with E-state index in [1.165, 1.54) is 11.1 Å². The van der Waals surface area contributed by atoms with Gasteiger partial charge < -0.3 is 5.32 Å². The predicted molar refractivity (Wildman–Crippen MR) is 87.8 cm³/mol. The van der Waals surface area contributed by atoms with Crippen LogP contribution in [0.15, 0.2) is 48.5 Å². The number of likely N-dealkylation sites (N-methyl/N-ethyl adjacent to an activating group) is 1. The smallest absolute Gasteiger partial charge is 0.0595 e. The van der Waals surface area contributed by atoms with Gasteiger partial charge in [0.15, 0.2) is 0 Å². The molecule has 1 nitrogen and oxygen atoms in total. The lowest BCUT2D eigenvalue weighted by atomic mass is 9.99. The molecule has 3 heteroatoms. The molecule has 0 bridgehead atoms. The van der Waals surface area contributed by atoms with Crippen LogP contribution >= 0.6 is 23.2 Å². The Bertz CT molecular complexity index is 540. The van der Waals surface area contributed by atoms with Gasteiger partial charge in [-0.05, 0) is 42.6 Å². The number of rotatable bonds is 6. The van der Waals surface area contributed by atoms with Crippen LogP contribution in [0, 0.1) is 0 Å². The summed E-state index contributed by atoms with van der Waals surface area (Å²) in [5.41, 5.74) is 2.56. The van der Waals surface area contributed by atoms with Gasteiger partial charge in [0.1, 0.15) is 0 Å². The van der Waals surface area contributed by atoms with Crippen LogP contribution in [-0.2, 0) is 12.8 Å². The van der Waals surface area contributed by atoms with Crippen molar-refractivity contribution in [2.45, 2.75) is 25.8 Å². The number of halogens is 2. The highest BCUT2D eigenvalue weighted by atomic mass is 35.5. The average molecular weight is 308 g/mol. The highest BCUT2D eigenvalue weighted by Gasteiger charge is 2.10. The van der Waals surface area contributed by atoms with Crippen LogP contribution in [0.25, 0.3) is 0 Å². The third-order valence-corrected chi connectivity index (χ3v) is 4.02. The molecule has 0 saturated carbocycles. The van der Waals surface area contributed by atoms with Crippen LogP contribution in [0.2, 0.25) is 10.0 Å². The molecule has 106 valence electrons. The Morgan fingerprint density at radius 2 is 1.60 bits per heavy atom. The molecular weight excluding hydrogens is 289 g/mol. The van der Waals surface area contributed by atoms with Gasteiger partial charge >= 0.3 is 0 Å². The van der Waals surface area contributed by atoms with Crippen molar-refractivity contribution in [3.05, 3.63) is 69.7 Å². The molecule has 0 radical (unpaired) electrons. The molecule has 1 atom stereocenters.